The van der Waals surface area contributed by atoms with Gasteiger partial charge in [-0.3, -0.25) is 14.4 Å². The standard InChI is InChI=1S/C20H23N3O7S/c1-13-4-10-17(11-5-13)31(27,28)23(3)15-6-8-16(9-7-15)29-12-18(24)30-14(2)19(25)22-20(21)26/h4-11,14H,12H2,1-3H3,(H3,21,22,25,26)/t14-/m1/s1. The summed E-state index contributed by atoms with van der Waals surface area (Å²) in [5.41, 5.74) is 6.16. The molecule has 0 aliphatic heterocycles. The van der Waals surface area contributed by atoms with Crippen LogP contribution in [0.4, 0.5) is 10.5 Å². The molecule has 2 aromatic carbocycles. The fourth-order valence-corrected chi connectivity index (χ4v) is 3.60. The Kier molecular flexibility index (Phi) is 7.59. The number of imide groups is 1. The lowest BCUT2D eigenvalue weighted by molar-refractivity contribution is -0.156. The van der Waals surface area contributed by atoms with Crippen molar-refractivity contribution in [2.24, 2.45) is 5.73 Å². The molecule has 1 atom stereocenters. The molecular formula is C20H23N3O7S. The van der Waals surface area contributed by atoms with Gasteiger partial charge in [-0.15, -0.1) is 0 Å². The van der Waals surface area contributed by atoms with Gasteiger partial charge in [0.15, 0.2) is 12.7 Å². The molecular weight excluding hydrogens is 426 g/mol. The topological polar surface area (TPSA) is 145 Å². The molecule has 0 radical (unpaired) electrons. The highest BCUT2D eigenvalue weighted by molar-refractivity contribution is 7.92. The third kappa shape index (κ3) is 6.44. The Morgan fingerprint density at radius 1 is 1.06 bits per heavy atom. The zero-order valence-corrected chi connectivity index (χ0v) is 18.0. The minimum absolute atomic E-state index is 0.165. The second kappa shape index (κ2) is 9.94. The lowest BCUT2D eigenvalue weighted by Gasteiger charge is -2.20. The Bertz CT molecular complexity index is 1050. The van der Waals surface area contributed by atoms with E-state index < -0.39 is 40.6 Å². The Morgan fingerprint density at radius 2 is 1.65 bits per heavy atom. The minimum Gasteiger partial charge on any atom is -0.482 e. The number of sulfonamides is 1. The van der Waals surface area contributed by atoms with Crippen molar-refractivity contribution in [3.63, 3.8) is 0 Å². The number of urea groups is 1. The quantitative estimate of drug-likeness (QED) is 0.578. The first kappa shape index (κ1) is 23.7. The summed E-state index contributed by atoms with van der Waals surface area (Å²) in [6.07, 6.45) is -1.23. The molecule has 0 saturated carbocycles. The number of rotatable bonds is 8. The summed E-state index contributed by atoms with van der Waals surface area (Å²) in [6.45, 7) is 2.64. The summed E-state index contributed by atoms with van der Waals surface area (Å²) in [6, 6.07) is 11.5. The molecule has 3 amide bonds. The van der Waals surface area contributed by atoms with Crippen LogP contribution in [-0.2, 0) is 24.3 Å². The number of ether oxygens (including phenoxy) is 2. The molecule has 166 valence electrons. The largest absolute Gasteiger partial charge is 0.482 e. The van der Waals surface area contributed by atoms with Gasteiger partial charge in [-0.25, -0.2) is 18.0 Å². The van der Waals surface area contributed by atoms with Gasteiger partial charge < -0.3 is 15.2 Å². The number of aryl methyl sites for hydroxylation is 1. The summed E-state index contributed by atoms with van der Waals surface area (Å²) in [4.78, 5) is 34.0. The number of nitrogens with one attached hydrogen (secondary N) is 1. The molecule has 0 spiro atoms. The maximum absolute atomic E-state index is 12.7. The summed E-state index contributed by atoms with van der Waals surface area (Å²) in [7, 11) is -2.30. The Labute approximate surface area is 180 Å². The van der Waals surface area contributed by atoms with Crippen molar-refractivity contribution in [2.75, 3.05) is 18.0 Å². The van der Waals surface area contributed by atoms with E-state index in [2.05, 4.69) is 0 Å². The highest BCUT2D eigenvalue weighted by Gasteiger charge is 2.22. The van der Waals surface area contributed by atoms with Gasteiger partial charge in [0.25, 0.3) is 15.9 Å². The van der Waals surface area contributed by atoms with Crippen LogP contribution >= 0.6 is 0 Å². The first-order chi connectivity index (χ1) is 14.5. The van der Waals surface area contributed by atoms with E-state index >= 15 is 0 Å². The van der Waals surface area contributed by atoms with Crippen molar-refractivity contribution in [3.8, 4) is 5.75 Å². The van der Waals surface area contributed by atoms with Crippen LogP contribution in [0.5, 0.6) is 5.75 Å². The maximum atomic E-state index is 12.7. The zero-order chi connectivity index (χ0) is 23.2. The van der Waals surface area contributed by atoms with Gasteiger partial charge in [-0.05, 0) is 50.2 Å². The molecule has 0 bridgehead atoms. The molecule has 10 nitrogen and oxygen atoms in total. The van der Waals surface area contributed by atoms with E-state index in [4.69, 9.17) is 15.2 Å². The zero-order valence-electron chi connectivity index (χ0n) is 17.2. The Morgan fingerprint density at radius 3 is 2.19 bits per heavy atom. The lowest BCUT2D eigenvalue weighted by atomic mass is 10.2. The molecule has 2 rings (SSSR count). The monoisotopic (exact) mass is 449 g/mol. The van der Waals surface area contributed by atoms with Crippen LogP contribution in [-0.4, -0.2) is 46.1 Å². The van der Waals surface area contributed by atoms with Crippen LogP contribution < -0.4 is 20.1 Å². The van der Waals surface area contributed by atoms with Gasteiger partial charge in [0.05, 0.1) is 10.6 Å². The van der Waals surface area contributed by atoms with Crippen LogP contribution in [0.25, 0.3) is 0 Å². The molecule has 31 heavy (non-hydrogen) atoms. The molecule has 2 aromatic rings. The average Bonchev–Trinajstić information content (AvgIpc) is 2.72. The molecule has 0 heterocycles. The third-order valence-corrected chi connectivity index (χ3v) is 5.96. The number of benzene rings is 2. The molecule has 0 aliphatic rings. The normalized spacial score (nSPS) is 11.8. The number of nitrogens with zero attached hydrogens (tertiary/aromatic N) is 1. The van der Waals surface area contributed by atoms with Crippen LogP contribution in [0.1, 0.15) is 12.5 Å². The summed E-state index contributed by atoms with van der Waals surface area (Å²) in [5.74, 6) is -1.41. The van der Waals surface area contributed by atoms with Gasteiger partial charge >= 0.3 is 12.0 Å². The predicted octanol–water partition coefficient (Wildman–Crippen LogP) is 1.33. The first-order valence-electron chi connectivity index (χ1n) is 9.09. The third-order valence-electron chi connectivity index (χ3n) is 4.16. The van der Waals surface area contributed by atoms with Crippen LogP contribution in [0.3, 0.4) is 0 Å². The molecule has 0 unspecified atom stereocenters. The number of nitrogens with two attached hydrogens (primary N) is 1. The van der Waals surface area contributed by atoms with Crippen molar-refractivity contribution in [2.45, 2.75) is 24.8 Å². The number of carbonyl (C=O) groups excluding carboxylic acids is 3. The van der Waals surface area contributed by atoms with Crippen LogP contribution in [0, 0.1) is 6.92 Å². The highest BCUT2D eigenvalue weighted by Crippen LogP contribution is 2.24. The highest BCUT2D eigenvalue weighted by atomic mass is 32.2. The number of amides is 3. The van der Waals surface area contributed by atoms with Gasteiger partial charge in [0.1, 0.15) is 5.75 Å². The van der Waals surface area contributed by atoms with Gasteiger partial charge in [-0.1, -0.05) is 17.7 Å². The van der Waals surface area contributed by atoms with E-state index in [1.54, 1.807) is 17.4 Å². The van der Waals surface area contributed by atoms with E-state index in [-0.39, 0.29) is 10.6 Å². The summed E-state index contributed by atoms with van der Waals surface area (Å²) < 4.78 is 36.7. The van der Waals surface area contributed by atoms with Gasteiger partial charge in [0, 0.05) is 7.05 Å². The van der Waals surface area contributed by atoms with E-state index in [9.17, 15) is 22.8 Å². The lowest BCUT2D eigenvalue weighted by Crippen LogP contribution is -2.42. The summed E-state index contributed by atoms with van der Waals surface area (Å²) >= 11 is 0. The molecule has 3 N–H and O–H groups in total. The summed E-state index contributed by atoms with van der Waals surface area (Å²) in [5, 5.41) is 1.79. The number of hydrogen-bond acceptors (Lipinski definition) is 7. The smallest absolute Gasteiger partial charge is 0.344 e. The molecule has 11 heteroatoms. The molecule has 0 aromatic heterocycles. The van der Waals surface area contributed by atoms with Gasteiger partial charge in [-0.2, -0.15) is 0 Å². The second-order valence-corrected chi connectivity index (χ2v) is 8.52. The fraction of sp³-hybridized carbons (Fsp3) is 0.250. The SMILES string of the molecule is Cc1ccc(S(=O)(=O)N(C)c2ccc(OCC(=O)O[C@H](C)C(=O)NC(N)=O)cc2)cc1. The van der Waals surface area contributed by atoms with E-state index in [1.807, 2.05) is 6.92 Å². The molecule has 0 saturated heterocycles. The van der Waals surface area contributed by atoms with E-state index in [0.29, 0.717) is 5.69 Å². The fourth-order valence-electron chi connectivity index (χ4n) is 2.41. The van der Waals surface area contributed by atoms with Crippen molar-refractivity contribution in [1.29, 1.82) is 0 Å². The number of hydrogen-bond donors (Lipinski definition) is 2. The Balaban J connectivity index is 1.95. The molecule has 0 aliphatic carbocycles. The predicted molar refractivity (Wildman–Crippen MR) is 112 cm³/mol. The minimum atomic E-state index is -3.73. The second-order valence-electron chi connectivity index (χ2n) is 6.55. The first-order valence-corrected chi connectivity index (χ1v) is 10.5. The van der Waals surface area contributed by atoms with Crippen molar-refractivity contribution in [3.05, 3.63) is 54.1 Å². The van der Waals surface area contributed by atoms with Crippen molar-refractivity contribution < 1.29 is 32.3 Å². The molecule has 0 fully saturated rings. The average molecular weight is 449 g/mol. The van der Waals surface area contributed by atoms with E-state index in [1.165, 1.54) is 50.4 Å². The van der Waals surface area contributed by atoms with Crippen LogP contribution in [0.15, 0.2) is 53.4 Å². The Hall–Kier alpha value is -3.60. The number of carbonyl (C=O) groups is 3. The van der Waals surface area contributed by atoms with E-state index in [0.717, 1.165) is 9.87 Å². The van der Waals surface area contributed by atoms with Crippen LogP contribution in [0.2, 0.25) is 0 Å². The van der Waals surface area contributed by atoms with Gasteiger partial charge in [0.2, 0.25) is 0 Å². The number of primary amides is 1. The van der Waals surface area contributed by atoms with Crippen molar-refractivity contribution >= 4 is 33.6 Å². The number of esters is 1. The maximum Gasteiger partial charge on any atom is 0.344 e. The van der Waals surface area contributed by atoms with Crippen molar-refractivity contribution in [1.82, 2.24) is 5.32 Å². The number of anilines is 1.